The lowest BCUT2D eigenvalue weighted by Crippen LogP contribution is -2.48. The monoisotopic (exact) mass is 231 g/mol. The number of nitroso groups, excluding NO2 is 1. The number of hydrogen-bond acceptors (Lipinski definition) is 5. The molecule has 3 N–H and O–H groups in total. The van der Waals surface area contributed by atoms with Gasteiger partial charge in [0.1, 0.15) is 5.60 Å². The van der Waals surface area contributed by atoms with Crippen molar-refractivity contribution in [2.75, 3.05) is 0 Å². The molecule has 16 heavy (non-hydrogen) atoms. The first-order valence-electron chi connectivity index (χ1n) is 5.37. The predicted molar refractivity (Wildman–Crippen MR) is 61.8 cm³/mol. The molecule has 0 aromatic heterocycles. The summed E-state index contributed by atoms with van der Waals surface area (Å²) in [6, 6.07) is -0.475. The Morgan fingerprint density at radius 1 is 1.50 bits per heavy atom. The van der Waals surface area contributed by atoms with Crippen LogP contribution in [0, 0.1) is 4.91 Å². The molecule has 1 unspecified atom stereocenters. The van der Waals surface area contributed by atoms with Crippen molar-refractivity contribution >= 4 is 6.09 Å². The molecule has 0 aromatic carbocycles. The Morgan fingerprint density at radius 2 is 2.06 bits per heavy atom. The van der Waals surface area contributed by atoms with Crippen molar-refractivity contribution in [2.24, 2.45) is 10.9 Å². The third-order valence-electron chi connectivity index (χ3n) is 1.84. The third kappa shape index (κ3) is 6.34. The van der Waals surface area contributed by atoms with E-state index in [4.69, 9.17) is 10.5 Å². The van der Waals surface area contributed by atoms with E-state index in [0.717, 1.165) is 6.42 Å². The molecule has 0 fully saturated rings. The Balaban J connectivity index is 4.28. The molecule has 0 aliphatic heterocycles. The molecule has 0 bridgehead atoms. The van der Waals surface area contributed by atoms with Crippen molar-refractivity contribution in [3.05, 3.63) is 4.91 Å². The van der Waals surface area contributed by atoms with Crippen LogP contribution in [0.4, 0.5) is 4.79 Å². The summed E-state index contributed by atoms with van der Waals surface area (Å²) in [4.78, 5) is 21.8. The van der Waals surface area contributed by atoms with Crippen LogP contribution in [0.2, 0.25) is 0 Å². The average molecular weight is 231 g/mol. The Hall–Kier alpha value is -1.17. The van der Waals surface area contributed by atoms with Gasteiger partial charge in [0.15, 0.2) is 6.17 Å². The summed E-state index contributed by atoms with van der Waals surface area (Å²) in [5.41, 5.74) is 4.90. The molecule has 2 atom stereocenters. The third-order valence-corrected chi connectivity index (χ3v) is 1.84. The minimum absolute atomic E-state index is 0.475. The van der Waals surface area contributed by atoms with Gasteiger partial charge in [-0.1, -0.05) is 13.3 Å². The highest BCUT2D eigenvalue weighted by molar-refractivity contribution is 5.68. The Labute approximate surface area is 95.9 Å². The van der Waals surface area contributed by atoms with Gasteiger partial charge in [0.25, 0.3) is 0 Å². The zero-order valence-corrected chi connectivity index (χ0v) is 10.3. The van der Waals surface area contributed by atoms with E-state index in [0.29, 0.717) is 6.42 Å². The summed E-state index contributed by atoms with van der Waals surface area (Å²) in [5.74, 6) is 0. The number of nitrogens with one attached hydrogen (secondary N) is 1. The number of carbonyl (C=O) groups is 1. The van der Waals surface area contributed by atoms with E-state index >= 15 is 0 Å². The first-order chi connectivity index (χ1) is 7.30. The molecular formula is C10H21N3O3. The molecule has 94 valence electrons. The maximum Gasteiger partial charge on any atom is 0.407 e. The number of rotatable bonds is 5. The molecule has 0 radical (unpaired) electrons. The Morgan fingerprint density at radius 3 is 2.44 bits per heavy atom. The van der Waals surface area contributed by atoms with Gasteiger partial charge < -0.3 is 15.8 Å². The number of ether oxygens (including phenoxy) is 1. The van der Waals surface area contributed by atoms with Gasteiger partial charge in [-0.3, -0.25) is 0 Å². The highest BCUT2D eigenvalue weighted by atomic mass is 16.6. The molecule has 6 nitrogen and oxygen atoms in total. The molecule has 0 spiro atoms. The van der Waals surface area contributed by atoms with Gasteiger partial charge in [-0.25, -0.2) is 4.79 Å². The first kappa shape index (κ1) is 14.8. The average Bonchev–Trinajstić information content (AvgIpc) is 2.13. The minimum Gasteiger partial charge on any atom is -0.444 e. The van der Waals surface area contributed by atoms with Gasteiger partial charge in [-0.05, 0) is 32.4 Å². The van der Waals surface area contributed by atoms with Crippen LogP contribution in [0.15, 0.2) is 5.18 Å². The number of hydrogen-bond donors (Lipinski definition) is 2. The molecule has 6 heteroatoms. The van der Waals surface area contributed by atoms with Crippen molar-refractivity contribution < 1.29 is 9.53 Å². The summed E-state index contributed by atoms with van der Waals surface area (Å²) in [6.07, 6.45) is -0.131. The van der Waals surface area contributed by atoms with Gasteiger partial charge in [-0.2, -0.15) is 0 Å². The van der Waals surface area contributed by atoms with Crippen LogP contribution >= 0.6 is 0 Å². The molecule has 1 amide bonds. The molecule has 0 rings (SSSR count). The fourth-order valence-electron chi connectivity index (χ4n) is 1.17. The van der Waals surface area contributed by atoms with Crippen LogP contribution in [0.25, 0.3) is 0 Å². The van der Waals surface area contributed by atoms with Crippen LogP contribution in [-0.2, 0) is 4.74 Å². The van der Waals surface area contributed by atoms with Gasteiger partial charge in [-0.15, -0.1) is 4.91 Å². The highest BCUT2D eigenvalue weighted by Gasteiger charge is 2.23. The second kappa shape index (κ2) is 6.42. The van der Waals surface area contributed by atoms with Crippen molar-refractivity contribution in [3.63, 3.8) is 0 Å². The van der Waals surface area contributed by atoms with E-state index in [1.807, 2.05) is 6.92 Å². The van der Waals surface area contributed by atoms with Gasteiger partial charge in [0.05, 0.1) is 6.04 Å². The van der Waals surface area contributed by atoms with E-state index < -0.39 is 23.9 Å². The lowest BCUT2D eigenvalue weighted by molar-refractivity contribution is 0.0494. The normalized spacial score (nSPS) is 15.1. The molecule has 0 saturated carbocycles. The van der Waals surface area contributed by atoms with Crippen molar-refractivity contribution in [1.29, 1.82) is 0 Å². The van der Waals surface area contributed by atoms with Crippen LogP contribution in [-0.4, -0.2) is 23.9 Å². The molecule has 0 aromatic rings. The topological polar surface area (TPSA) is 93.8 Å². The van der Waals surface area contributed by atoms with E-state index in [2.05, 4.69) is 10.5 Å². The summed E-state index contributed by atoms with van der Waals surface area (Å²) in [7, 11) is 0. The van der Waals surface area contributed by atoms with Gasteiger partial charge >= 0.3 is 6.09 Å². The first-order valence-corrected chi connectivity index (χ1v) is 5.37. The number of alkyl carbamates (subject to hydrolysis) is 1. The van der Waals surface area contributed by atoms with Gasteiger partial charge in [0, 0.05) is 0 Å². The lowest BCUT2D eigenvalue weighted by atomic mass is 10.1. The fraction of sp³-hybridized carbons (Fsp3) is 0.900. The number of amides is 1. The van der Waals surface area contributed by atoms with E-state index in [-0.39, 0.29) is 0 Å². The lowest BCUT2D eigenvalue weighted by Gasteiger charge is -2.24. The maximum atomic E-state index is 11.4. The number of carbonyl (C=O) groups excluding carboxylic acids is 1. The van der Waals surface area contributed by atoms with Crippen LogP contribution in [0.5, 0.6) is 0 Å². The van der Waals surface area contributed by atoms with Crippen LogP contribution in [0.1, 0.15) is 40.5 Å². The maximum absolute atomic E-state index is 11.4. The summed E-state index contributed by atoms with van der Waals surface area (Å²) < 4.78 is 5.06. The van der Waals surface area contributed by atoms with E-state index in [9.17, 15) is 9.70 Å². The highest BCUT2D eigenvalue weighted by Crippen LogP contribution is 2.08. The molecule has 0 aliphatic carbocycles. The number of nitrogens with zero attached hydrogens (tertiary/aromatic N) is 1. The van der Waals surface area contributed by atoms with Crippen LogP contribution in [0.3, 0.4) is 0 Å². The van der Waals surface area contributed by atoms with Crippen molar-refractivity contribution in [1.82, 2.24) is 5.32 Å². The molecule has 0 saturated heterocycles. The number of nitrogens with two attached hydrogens (primary N) is 1. The summed E-state index contributed by atoms with van der Waals surface area (Å²) in [5, 5.41) is 5.26. The Kier molecular flexibility index (Phi) is 5.95. The zero-order valence-electron chi connectivity index (χ0n) is 10.3. The smallest absolute Gasteiger partial charge is 0.407 e. The predicted octanol–water partition coefficient (Wildman–Crippen LogP) is 1.73. The second-order valence-corrected chi connectivity index (χ2v) is 4.64. The molecule has 0 heterocycles. The van der Waals surface area contributed by atoms with Crippen LogP contribution < -0.4 is 11.1 Å². The van der Waals surface area contributed by atoms with Crippen molar-refractivity contribution in [2.45, 2.75) is 58.3 Å². The summed E-state index contributed by atoms with van der Waals surface area (Å²) in [6.45, 7) is 7.22. The second-order valence-electron chi connectivity index (χ2n) is 4.64. The van der Waals surface area contributed by atoms with Gasteiger partial charge in [0.2, 0.25) is 0 Å². The van der Waals surface area contributed by atoms with Crippen molar-refractivity contribution in [3.8, 4) is 0 Å². The zero-order chi connectivity index (χ0) is 12.8. The minimum atomic E-state index is -0.938. The largest absolute Gasteiger partial charge is 0.444 e. The SMILES string of the molecule is CCC[C@H](NC(=O)OC(C)(C)C)C(N)N=O. The van der Waals surface area contributed by atoms with E-state index in [1.54, 1.807) is 20.8 Å². The fourth-order valence-corrected chi connectivity index (χ4v) is 1.17. The molecule has 0 aliphatic rings. The van der Waals surface area contributed by atoms with E-state index in [1.165, 1.54) is 0 Å². The summed E-state index contributed by atoms with van der Waals surface area (Å²) >= 11 is 0. The Bertz CT molecular complexity index is 238. The molecular weight excluding hydrogens is 210 g/mol. The quantitative estimate of drug-likeness (QED) is 0.704. The standard InChI is InChI=1S/C10H21N3O3/c1-5-6-7(8(11)13-15)12-9(14)16-10(2,3)4/h7-8H,5-6,11H2,1-4H3,(H,12,14)/t7-,8?/m0/s1.